The molecular weight excluding hydrogens is 268 g/mol. The number of rotatable bonds is 2. The van der Waals surface area contributed by atoms with Crippen molar-refractivity contribution in [2.45, 2.75) is 12.7 Å². The summed E-state index contributed by atoms with van der Waals surface area (Å²) in [6, 6.07) is 9.89. The number of amides is 1. The molecule has 21 heavy (non-hydrogen) atoms. The molecule has 108 valence electrons. The first-order valence-electron chi connectivity index (χ1n) is 6.81. The number of hydrogen-bond acceptors (Lipinski definition) is 4. The summed E-state index contributed by atoms with van der Waals surface area (Å²) in [6.07, 6.45) is 3.18. The normalized spacial score (nSPS) is 16.9. The number of benzene rings is 1. The van der Waals surface area contributed by atoms with Crippen LogP contribution in [0.1, 0.15) is 17.4 Å². The second-order valence-electron chi connectivity index (χ2n) is 4.72. The highest BCUT2D eigenvalue weighted by atomic mass is 16.7. The van der Waals surface area contributed by atoms with Crippen molar-refractivity contribution < 1.29 is 14.3 Å². The summed E-state index contributed by atoms with van der Waals surface area (Å²) in [5.41, 5.74) is 4.29. The van der Waals surface area contributed by atoms with Gasteiger partial charge >= 0.3 is 6.09 Å². The molecule has 1 N–H and O–H groups in total. The molecule has 1 aliphatic rings. The zero-order valence-corrected chi connectivity index (χ0v) is 11.7. The SMILES string of the molecule is CNC(=O)OC1OCCc2c(-c3ccncc3)cccc21. The third kappa shape index (κ3) is 2.73. The summed E-state index contributed by atoms with van der Waals surface area (Å²) >= 11 is 0. The third-order valence-electron chi connectivity index (χ3n) is 3.50. The van der Waals surface area contributed by atoms with Crippen LogP contribution in [0.15, 0.2) is 42.7 Å². The van der Waals surface area contributed by atoms with Crippen LogP contribution in [0.25, 0.3) is 11.1 Å². The number of nitrogens with zero attached hydrogens (tertiary/aromatic N) is 1. The molecule has 0 bridgehead atoms. The van der Waals surface area contributed by atoms with E-state index in [-0.39, 0.29) is 0 Å². The lowest BCUT2D eigenvalue weighted by Gasteiger charge is -2.27. The van der Waals surface area contributed by atoms with Gasteiger partial charge < -0.3 is 14.8 Å². The minimum Gasteiger partial charge on any atom is -0.415 e. The van der Waals surface area contributed by atoms with E-state index in [9.17, 15) is 4.79 Å². The molecule has 5 heteroatoms. The van der Waals surface area contributed by atoms with E-state index in [0.29, 0.717) is 6.61 Å². The maximum Gasteiger partial charge on any atom is 0.409 e. The number of fused-ring (bicyclic) bond motifs is 1. The Morgan fingerprint density at radius 3 is 2.90 bits per heavy atom. The van der Waals surface area contributed by atoms with Gasteiger partial charge in [0.15, 0.2) is 0 Å². The third-order valence-corrected chi connectivity index (χ3v) is 3.50. The summed E-state index contributed by atoms with van der Waals surface area (Å²) in [4.78, 5) is 15.5. The Balaban J connectivity index is 2.00. The summed E-state index contributed by atoms with van der Waals surface area (Å²) in [5.74, 6) is 0. The van der Waals surface area contributed by atoms with E-state index < -0.39 is 12.4 Å². The second kappa shape index (κ2) is 5.93. The lowest BCUT2D eigenvalue weighted by atomic mass is 9.92. The van der Waals surface area contributed by atoms with Gasteiger partial charge in [-0.05, 0) is 35.2 Å². The molecule has 1 aromatic heterocycles. The Morgan fingerprint density at radius 2 is 2.14 bits per heavy atom. The van der Waals surface area contributed by atoms with Crippen LogP contribution in [-0.2, 0) is 15.9 Å². The topological polar surface area (TPSA) is 60.5 Å². The van der Waals surface area contributed by atoms with E-state index in [2.05, 4.69) is 16.4 Å². The molecule has 2 aromatic rings. The molecule has 1 atom stereocenters. The number of carbonyl (C=O) groups excluding carboxylic acids is 1. The zero-order valence-electron chi connectivity index (χ0n) is 11.7. The Bertz CT molecular complexity index is 643. The van der Waals surface area contributed by atoms with E-state index in [1.165, 1.54) is 7.05 Å². The van der Waals surface area contributed by atoms with Crippen LogP contribution in [0, 0.1) is 0 Å². The van der Waals surface area contributed by atoms with Crippen LogP contribution in [0.2, 0.25) is 0 Å². The Morgan fingerprint density at radius 1 is 1.33 bits per heavy atom. The van der Waals surface area contributed by atoms with Gasteiger partial charge in [0, 0.05) is 25.0 Å². The van der Waals surface area contributed by atoms with E-state index >= 15 is 0 Å². The first-order valence-corrected chi connectivity index (χ1v) is 6.81. The molecule has 0 saturated heterocycles. The van der Waals surface area contributed by atoms with Crippen molar-refractivity contribution >= 4 is 6.09 Å². The highest BCUT2D eigenvalue weighted by Gasteiger charge is 2.26. The number of nitrogens with one attached hydrogen (secondary N) is 1. The fourth-order valence-corrected chi connectivity index (χ4v) is 2.52. The van der Waals surface area contributed by atoms with Gasteiger partial charge in [-0.2, -0.15) is 0 Å². The maximum atomic E-state index is 11.4. The minimum absolute atomic E-state index is 0.498. The van der Waals surface area contributed by atoms with Gasteiger partial charge in [0.1, 0.15) is 0 Å². The van der Waals surface area contributed by atoms with Crippen LogP contribution >= 0.6 is 0 Å². The van der Waals surface area contributed by atoms with Gasteiger partial charge in [0.25, 0.3) is 0 Å². The van der Waals surface area contributed by atoms with Gasteiger partial charge in [-0.3, -0.25) is 4.98 Å². The molecule has 1 aliphatic heterocycles. The van der Waals surface area contributed by atoms with E-state index in [1.54, 1.807) is 12.4 Å². The van der Waals surface area contributed by atoms with Crippen LogP contribution in [-0.4, -0.2) is 24.7 Å². The van der Waals surface area contributed by atoms with Crippen LogP contribution in [0.4, 0.5) is 4.79 Å². The first kappa shape index (κ1) is 13.6. The van der Waals surface area contributed by atoms with Gasteiger partial charge in [0.2, 0.25) is 6.29 Å². The number of carbonyl (C=O) groups is 1. The Labute approximate surface area is 122 Å². The second-order valence-corrected chi connectivity index (χ2v) is 4.72. The molecule has 0 spiro atoms. The fourth-order valence-electron chi connectivity index (χ4n) is 2.52. The van der Waals surface area contributed by atoms with Crippen molar-refractivity contribution in [3.63, 3.8) is 0 Å². The lowest BCUT2D eigenvalue weighted by Crippen LogP contribution is -2.26. The quantitative estimate of drug-likeness (QED) is 0.921. The van der Waals surface area contributed by atoms with E-state index in [0.717, 1.165) is 28.7 Å². The molecule has 1 aromatic carbocycles. The largest absolute Gasteiger partial charge is 0.415 e. The van der Waals surface area contributed by atoms with Crippen molar-refractivity contribution in [1.29, 1.82) is 0 Å². The van der Waals surface area contributed by atoms with Crippen molar-refractivity contribution in [1.82, 2.24) is 10.3 Å². The lowest BCUT2D eigenvalue weighted by molar-refractivity contribution is -0.114. The maximum absolute atomic E-state index is 11.4. The number of ether oxygens (including phenoxy) is 2. The van der Waals surface area contributed by atoms with Crippen molar-refractivity contribution in [3.8, 4) is 11.1 Å². The average Bonchev–Trinajstić information content (AvgIpc) is 2.55. The summed E-state index contributed by atoms with van der Waals surface area (Å²) in [6.45, 7) is 0.525. The number of aromatic nitrogens is 1. The van der Waals surface area contributed by atoms with Crippen molar-refractivity contribution in [2.24, 2.45) is 0 Å². The van der Waals surface area contributed by atoms with Crippen LogP contribution < -0.4 is 5.32 Å². The predicted molar refractivity (Wildman–Crippen MR) is 77.6 cm³/mol. The molecule has 0 saturated carbocycles. The fraction of sp³-hybridized carbons (Fsp3) is 0.250. The first-order chi connectivity index (χ1) is 10.3. The molecule has 2 heterocycles. The number of alkyl carbamates (subject to hydrolysis) is 1. The number of hydrogen-bond donors (Lipinski definition) is 1. The molecule has 5 nitrogen and oxygen atoms in total. The standard InChI is InChI=1S/C16H16N2O3/c1-17-16(19)21-15-14-4-2-3-12(13(14)7-10-20-15)11-5-8-18-9-6-11/h2-6,8-9,15H,7,10H2,1H3,(H,17,19). The molecule has 1 amide bonds. The van der Waals surface area contributed by atoms with Gasteiger partial charge in [0.05, 0.1) is 6.61 Å². The molecule has 0 fully saturated rings. The summed E-state index contributed by atoms with van der Waals surface area (Å²) in [5, 5.41) is 2.44. The van der Waals surface area contributed by atoms with E-state index in [4.69, 9.17) is 9.47 Å². The van der Waals surface area contributed by atoms with Crippen LogP contribution in [0.3, 0.4) is 0 Å². The monoisotopic (exact) mass is 284 g/mol. The molecule has 0 aliphatic carbocycles. The smallest absolute Gasteiger partial charge is 0.409 e. The van der Waals surface area contributed by atoms with Gasteiger partial charge in [-0.1, -0.05) is 18.2 Å². The zero-order chi connectivity index (χ0) is 14.7. The molecular formula is C16H16N2O3. The van der Waals surface area contributed by atoms with Gasteiger partial charge in [-0.15, -0.1) is 0 Å². The molecule has 3 rings (SSSR count). The Hall–Kier alpha value is -2.40. The Kier molecular flexibility index (Phi) is 3.83. The predicted octanol–water partition coefficient (Wildman–Crippen LogP) is 2.68. The average molecular weight is 284 g/mol. The van der Waals surface area contributed by atoms with Crippen molar-refractivity contribution in [3.05, 3.63) is 53.9 Å². The molecule has 1 unspecified atom stereocenters. The summed E-state index contributed by atoms with van der Waals surface area (Å²) in [7, 11) is 1.53. The van der Waals surface area contributed by atoms with Gasteiger partial charge in [-0.25, -0.2) is 4.79 Å². The minimum atomic E-state index is -0.657. The van der Waals surface area contributed by atoms with Crippen molar-refractivity contribution in [2.75, 3.05) is 13.7 Å². The van der Waals surface area contributed by atoms with E-state index in [1.807, 2.05) is 24.3 Å². The number of pyridine rings is 1. The highest BCUT2D eigenvalue weighted by Crippen LogP contribution is 2.34. The van der Waals surface area contributed by atoms with Crippen LogP contribution in [0.5, 0.6) is 0 Å². The summed E-state index contributed by atoms with van der Waals surface area (Å²) < 4.78 is 10.8. The molecule has 0 radical (unpaired) electrons. The highest BCUT2D eigenvalue weighted by molar-refractivity contribution is 5.70.